The Balaban J connectivity index is 1.34. The molecule has 2 atom stereocenters. The van der Waals surface area contributed by atoms with Crippen LogP contribution >= 0.6 is 11.3 Å². The summed E-state index contributed by atoms with van der Waals surface area (Å²) in [5.74, 6) is 1.49. The molecule has 3 aromatic rings. The van der Waals surface area contributed by atoms with Crippen LogP contribution in [0.2, 0.25) is 0 Å². The molecule has 0 radical (unpaired) electrons. The van der Waals surface area contributed by atoms with Gasteiger partial charge in [-0.1, -0.05) is 23.5 Å². The third-order valence-electron chi connectivity index (χ3n) is 5.34. The maximum Gasteiger partial charge on any atom is 0.205 e. The number of rotatable bonds is 9. The van der Waals surface area contributed by atoms with Gasteiger partial charge in [-0.2, -0.15) is 5.10 Å². The molecule has 1 aliphatic rings. The van der Waals surface area contributed by atoms with E-state index in [4.69, 9.17) is 9.47 Å². The molecular formula is C22H26N6O3S. The van der Waals surface area contributed by atoms with Crippen LogP contribution in [0.1, 0.15) is 28.8 Å². The van der Waals surface area contributed by atoms with Crippen LogP contribution in [-0.4, -0.2) is 59.5 Å². The van der Waals surface area contributed by atoms with E-state index < -0.39 is 6.10 Å². The number of nitrogens with zero attached hydrogens (tertiary/aromatic N) is 5. The third kappa shape index (κ3) is 5.20. The van der Waals surface area contributed by atoms with E-state index in [1.54, 1.807) is 7.11 Å². The average Bonchev–Trinajstić information content (AvgIpc) is 3.45. The van der Waals surface area contributed by atoms with Crippen LogP contribution in [0.25, 0.3) is 0 Å². The van der Waals surface area contributed by atoms with Gasteiger partial charge in [0.1, 0.15) is 16.9 Å². The van der Waals surface area contributed by atoms with Crippen molar-refractivity contribution in [1.29, 1.82) is 0 Å². The Kier molecular flexibility index (Phi) is 6.91. The van der Waals surface area contributed by atoms with Gasteiger partial charge in [0, 0.05) is 26.2 Å². The van der Waals surface area contributed by atoms with Crippen molar-refractivity contribution >= 4 is 28.1 Å². The van der Waals surface area contributed by atoms with Crippen molar-refractivity contribution in [3.63, 3.8) is 0 Å². The highest BCUT2D eigenvalue weighted by Gasteiger charge is 2.26. The number of ether oxygens (including phenoxy) is 2. The molecule has 1 N–H and O–H groups in total. The van der Waals surface area contributed by atoms with E-state index >= 15 is 0 Å². The average molecular weight is 455 g/mol. The summed E-state index contributed by atoms with van der Waals surface area (Å²) in [4.78, 5) is 15.1. The Labute approximate surface area is 190 Å². The second-order valence-electron chi connectivity index (χ2n) is 7.65. The van der Waals surface area contributed by atoms with Crippen molar-refractivity contribution in [2.45, 2.75) is 31.9 Å². The molecule has 1 aliphatic heterocycles. The van der Waals surface area contributed by atoms with Gasteiger partial charge in [-0.05, 0) is 43.2 Å². The molecule has 32 heavy (non-hydrogen) atoms. The van der Waals surface area contributed by atoms with Crippen LogP contribution in [0.5, 0.6) is 5.75 Å². The number of anilines is 2. The fourth-order valence-electron chi connectivity index (χ4n) is 3.70. The molecule has 0 bridgehead atoms. The number of carbonyl (C=O) groups excluding carboxylic acids is 1. The first-order valence-electron chi connectivity index (χ1n) is 10.4. The van der Waals surface area contributed by atoms with Gasteiger partial charge < -0.3 is 19.7 Å². The minimum atomic E-state index is -0.676. The number of ketones is 1. The van der Waals surface area contributed by atoms with Gasteiger partial charge in [0.25, 0.3) is 0 Å². The molecule has 9 nitrogen and oxygen atoms in total. The molecule has 4 rings (SSSR count). The topological polar surface area (TPSA) is 102 Å². The minimum absolute atomic E-state index is 0.0755. The molecule has 0 spiro atoms. The van der Waals surface area contributed by atoms with Gasteiger partial charge in [-0.15, -0.1) is 15.3 Å². The molecule has 1 fully saturated rings. The van der Waals surface area contributed by atoms with E-state index in [1.165, 1.54) is 18.4 Å². The van der Waals surface area contributed by atoms with E-state index in [2.05, 4.69) is 30.6 Å². The first kappa shape index (κ1) is 22.1. The highest BCUT2D eigenvalue weighted by atomic mass is 32.1. The molecule has 0 saturated carbocycles. The summed E-state index contributed by atoms with van der Waals surface area (Å²) >= 11 is 1.40. The lowest BCUT2D eigenvalue weighted by Crippen LogP contribution is -2.26. The first-order chi connectivity index (χ1) is 15.6. The summed E-state index contributed by atoms with van der Waals surface area (Å²) in [6.07, 6.45) is 0.444. The fraction of sp³-hybridized carbons (Fsp3) is 0.409. The Hall–Kier alpha value is -3.11. The van der Waals surface area contributed by atoms with Gasteiger partial charge in [-0.3, -0.25) is 4.79 Å². The molecule has 10 heteroatoms. The maximum absolute atomic E-state index is 12.9. The van der Waals surface area contributed by atoms with Crippen molar-refractivity contribution in [2.75, 3.05) is 37.5 Å². The number of hydrogen-bond donors (Lipinski definition) is 1. The highest BCUT2D eigenvalue weighted by Crippen LogP contribution is 2.26. The minimum Gasteiger partial charge on any atom is -0.497 e. The summed E-state index contributed by atoms with van der Waals surface area (Å²) in [5, 5.41) is 21.6. The Morgan fingerprint density at radius 3 is 2.84 bits per heavy atom. The number of Topliss-reactive ketones (excluding diaryl/α,β-unsaturated/α-hetero) is 1. The second kappa shape index (κ2) is 10.0. The summed E-state index contributed by atoms with van der Waals surface area (Å²) < 4.78 is 10.7. The summed E-state index contributed by atoms with van der Waals surface area (Å²) in [6, 6.07) is 11.5. The SMILES string of the molecule is COc1cccc([C@@H](OC)C(=O)Cc2nnc(N[C@@H]3CCN(c4ccc(C)nn4)C3)s2)c1. The number of aryl methyl sites for hydroxylation is 1. The van der Waals surface area contributed by atoms with Gasteiger partial charge in [-0.25, -0.2) is 0 Å². The van der Waals surface area contributed by atoms with Crippen molar-refractivity contribution in [3.8, 4) is 5.75 Å². The van der Waals surface area contributed by atoms with Crippen molar-refractivity contribution < 1.29 is 14.3 Å². The van der Waals surface area contributed by atoms with Crippen molar-refractivity contribution in [3.05, 3.63) is 52.7 Å². The standard InChI is InChI=1S/C22H26N6O3S/c1-14-7-8-19(25-24-14)28-10-9-16(13-28)23-22-27-26-20(32-22)12-18(29)21(31-3)15-5-4-6-17(11-15)30-2/h4-8,11,16,21H,9-10,12-13H2,1-3H3,(H,23,27)/t16-,21-/m1/s1. The third-order valence-corrected chi connectivity index (χ3v) is 6.20. The predicted octanol–water partition coefficient (Wildman–Crippen LogP) is 2.84. The molecule has 3 heterocycles. The zero-order chi connectivity index (χ0) is 22.5. The molecule has 168 valence electrons. The number of nitrogens with one attached hydrogen (secondary N) is 1. The van der Waals surface area contributed by atoms with Crippen LogP contribution in [0.15, 0.2) is 36.4 Å². The van der Waals surface area contributed by atoms with Crippen molar-refractivity contribution in [2.24, 2.45) is 0 Å². The molecule has 0 aliphatic carbocycles. The quantitative estimate of drug-likeness (QED) is 0.523. The number of hydrogen-bond acceptors (Lipinski definition) is 10. The highest BCUT2D eigenvalue weighted by molar-refractivity contribution is 7.15. The van der Waals surface area contributed by atoms with Gasteiger partial charge >= 0.3 is 0 Å². The van der Waals surface area contributed by atoms with Crippen LogP contribution in [-0.2, 0) is 16.0 Å². The summed E-state index contributed by atoms with van der Waals surface area (Å²) in [5.41, 5.74) is 1.66. The monoisotopic (exact) mass is 454 g/mol. The van der Waals surface area contributed by atoms with E-state index in [-0.39, 0.29) is 18.2 Å². The molecule has 1 aromatic carbocycles. The Morgan fingerprint density at radius 1 is 1.22 bits per heavy atom. The molecule has 0 amide bonds. The fourth-order valence-corrected chi connectivity index (χ4v) is 4.53. The van der Waals surface area contributed by atoms with Crippen LogP contribution in [0.4, 0.5) is 10.9 Å². The lowest BCUT2D eigenvalue weighted by Gasteiger charge is -2.17. The molecule has 1 saturated heterocycles. The lowest BCUT2D eigenvalue weighted by atomic mass is 10.0. The number of benzene rings is 1. The zero-order valence-electron chi connectivity index (χ0n) is 18.3. The smallest absolute Gasteiger partial charge is 0.205 e. The van der Waals surface area contributed by atoms with Gasteiger partial charge in [0.2, 0.25) is 5.13 Å². The summed E-state index contributed by atoms with van der Waals surface area (Å²) in [6.45, 7) is 3.64. The maximum atomic E-state index is 12.9. The molecule has 2 aromatic heterocycles. The second-order valence-corrected chi connectivity index (χ2v) is 8.71. The van der Waals surface area contributed by atoms with Gasteiger partial charge in [0.05, 0.1) is 19.2 Å². The largest absolute Gasteiger partial charge is 0.497 e. The van der Waals surface area contributed by atoms with Crippen LogP contribution in [0.3, 0.4) is 0 Å². The number of carbonyl (C=O) groups is 1. The predicted molar refractivity (Wildman–Crippen MR) is 122 cm³/mol. The number of methoxy groups -OCH3 is 2. The van der Waals surface area contributed by atoms with Crippen LogP contribution < -0.4 is 15.0 Å². The first-order valence-corrected chi connectivity index (χ1v) is 11.2. The van der Waals surface area contributed by atoms with Crippen LogP contribution in [0, 0.1) is 6.92 Å². The normalized spacial score (nSPS) is 16.7. The van der Waals surface area contributed by atoms with E-state index in [9.17, 15) is 4.79 Å². The van der Waals surface area contributed by atoms with E-state index in [0.717, 1.165) is 36.6 Å². The Bertz CT molecular complexity index is 1060. The van der Waals surface area contributed by atoms with E-state index in [1.807, 2.05) is 43.3 Å². The van der Waals surface area contributed by atoms with E-state index in [0.29, 0.717) is 15.9 Å². The summed E-state index contributed by atoms with van der Waals surface area (Å²) in [7, 11) is 3.12. The zero-order valence-corrected chi connectivity index (χ0v) is 19.1. The van der Waals surface area contributed by atoms with Crippen molar-refractivity contribution in [1.82, 2.24) is 20.4 Å². The Morgan fingerprint density at radius 2 is 2.09 bits per heavy atom. The van der Waals surface area contributed by atoms with Gasteiger partial charge in [0.15, 0.2) is 11.6 Å². The number of aromatic nitrogens is 4. The molecule has 0 unspecified atom stereocenters. The lowest BCUT2D eigenvalue weighted by molar-refractivity contribution is -0.128. The molecular weight excluding hydrogens is 428 g/mol.